The summed E-state index contributed by atoms with van der Waals surface area (Å²) in [6.45, 7) is 5.64. The van der Waals surface area contributed by atoms with Gasteiger partial charge in [-0.3, -0.25) is 20.4 Å². The van der Waals surface area contributed by atoms with E-state index < -0.39 is 21.8 Å². The molecule has 2 rings (SSSR count). The Hall–Kier alpha value is -3.37. The Bertz CT molecular complexity index is 1110. The van der Waals surface area contributed by atoms with E-state index in [0.29, 0.717) is 24.6 Å². The smallest absolute Gasteiger partial charge is 0.276 e. The third-order valence-corrected chi connectivity index (χ3v) is 6.71. The molecule has 178 valence electrons. The van der Waals surface area contributed by atoms with Crippen LogP contribution in [0.15, 0.2) is 53.4 Å². The first-order valence-corrected chi connectivity index (χ1v) is 11.8. The molecule has 0 aliphatic rings. The number of hydrogen-bond donors (Lipinski definition) is 2. The molecular formula is C23H29N3O6S. The zero-order valence-corrected chi connectivity index (χ0v) is 19.9. The number of nitrogens with zero attached hydrogens (tertiary/aromatic N) is 1. The van der Waals surface area contributed by atoms with Crippen molar-refractivity contribution >= 4 is 27.9 Å². The predicted molar refractivity (Wildman–Crippen MR) is 125 cm³/mol. The summed E-state index contributed by atoms with van der Waals surface area (Å²) in [5, 5.41) is 0. The molecule has 2 N–H and O–H groups in total. The van der Waals surface area contributed by atoms with Crippen molar-refractivity contribution in [2.24, 2.45) is 0 Å². The summed E-state index contributed by atoms with van der Waals surface area (Å²) in [6, 6.07) is 10.9. The van der Waals surface area contributed by atoms with Crippen molar-refractivity contribution < 1.29 is 27.5 Å². The Labute approximate surface area is 194 Å². The minimum atomic E-state index is -3.71. The van der Waals surface area contributed by atoms with Crippen LogP contribution in [0.4, 0.5) is 0 Å². The lowest BCUT2D eigenvalue weighted by atomic mass is 10.2. The number of amides is 2. The van der Waals surface area contributed by atoms with Crippen LogP contribution in [-0.4, -0.2) is 51.3 Å². The van der Waals surface area contributed by atoms with E-state index in [9.17, 15) is 18.0 Å². The molecule has 33 heavy (non-hydrogen) atoms. The van der Waals surface area contributed by atoms with E-state index in [1.165, 1.54) is 35.7 Å². The number of carbonyl (C=O) groups excluding carboxylic acids is 2. The molecule has 0 saturated carbocycles. The number of benzene rings is 2. The molecule has 2 aromatic carbocycles. The monoisotopic (exact) mass is 475 g/mol. The highest BCUT2D eigenvalue weighted by Gasteiger charge is 2.22. The SMILES string of the molecule is C/C=C/c1ccc(OCC(=O)NNC(=O)c2cccc(S(=O)(=O)N(CC)CC)c2)c(OC)c1. The fourth-order valence-electron chi connectivity index (χ4n) is 2.99. The van der Waals surface area contributed by atoms with Crippen LogP contribution in [-0.2, 0) is 14.8 Å². The van der Waals surface area contributed by atoms with Crippen LogP contribution in [0.3, 0.4) is 0 Å². The first kappa shape index (κ1) is 25.9. The number of ether oxygens (including phenoxy) is 2. The number of methoxy groups -OCH3 is 1. The number of hydrogen-bond acceptors (Lipinski definition) is 6. The third-order valence-electron chi connectivity index (χ3n) is 4.66. The maximum Gasteiger partial charge on any atom is 0.276 e. The van der Waals surface area contributed by atoms with Crippen LogP contribution in [0.25, 0.3) is 6.08 Å². The van der Waals surface area contributed by atoms with Crippen molar-refractivity contribution in [1.29, 1.82) is 0 Å². The molecule has 0 aliphatic heterocycles. The predicted octanol–water partition coefficient (Wildman–Crippen LogP) is 2.60. The highest BCUT2D eigenvalue weighted by atomic mass is 32.2. The van der Waals surface area contributed by atoms with Gasteiger partial charge in [0.15, 0.2) is 18.1 Å². The van der Waals surface area contributed by atoms with Crippen molar-refractivity contribution in [3.8, 4) is 11.5 Å². The minimum absolute atomic E-state index is 0.00182. The molecule has 0 unspecified atom stereocenters. The molecule has 0 bridgehead atoms. The summed E-state index contributed by atoms with van der Waals surface area (Å²) < 4.78 is 37.4. The average Bonchev–Trinajstić information content (AvgIpc) is 2.82. The Morgan fingerprint density at radius 1 is 1.03 bits per heavy atom. The van der Waals surface area contributed by atoms with Gasteiger partial charge in [0.25, 0.3) is 11.8 Å². The molecule has 0 fully saturated rings. The summed E-state index contributed by atoms with van der Waals surface area (Å²) in [5.74, 6) is -0.418. The number of allylic oxidation sites excluding steroid dienone is 1. The second-order valence-electron chi connectivity index (χ2n) is 6.82. The summed E-state index contributed by atoms with van der Waals surface area (Å²) in [7, 11) is -2.21. The van der Waals surface area contributed by atoms with Crippen molar-refractivity contribution in [1.82, 2.24) is 15.2 Å². The van der Waals surface area contributed by atoms with Crippen LogP contribution < -0.4 is 20.3 Å². The number of sulfonamides is 1. The zero-order valence-electron chi connectivity index (χ0n) is 19.1. The van der Waals surface area contributed by atoms with Crippen LogP contribution >= 0.6 is 0 Å². The molecule has 0 radical (unpaired) electrons. The van der Waals surface area contributed by atoms with Crippen molar-refractivity contribution in [3.05, 3.63) is 59.7 Å². The lowest BCUT2D eigenvalue weighted by Gasteiger charge is -2.18. The van der Waals surface area contributed by atoms with E-state index in [4.69, 9.17) is 9.47 Å². The first-order chi connectivity index (χ1) is 15.8. The summed E-state index contributed by atoms with van der Waals surface area (Å²) in [5.41, 5.74) is 5.51. The molecule has 0 heterocycles. The normalized spacial score (nSPS) is 11.4. The lowest BCUT2D eigenvalue weighted by molar-refractivity contribution is -0.123. The molecule has 9 nitrogen and oxygen atoms in total. The fraction of sp³-hybridized carbons (Fsp3) is 0.304. The van der Waals surface area contributed by atoms with E-state index in [0.717, 1.165) is 5.56 Å². The lowest BCUT2D eigenvalue weighted by Crippen LogP contribution is -2.43. The molecule has 2 amide bonds. The van der Waals surface area contributed by atoms with Gasteiger partial charge in [-0.25, -0.2) is 8.42 Å². The van der Waals surface area contributed by atoms with Gasteiger partial charge in [0.05, 0.1) is 12.0 Å². The molecule has 2 aromatic rings. The standard InChI is InChI=1S/C23H29N3O6S/c1-5-9-17-12-13-20(21(14-17)31-4)32-16-22(27)24-25-23(28)18-10-8-11-19(15-18)33(29,30)26(6-2)7-3/h5,8-15H,6-7,16H2,1-4H3,(H,24,27)(H,25,28)/b9-5+. The van der Waals surface area contributed by atoms with Crippen LogP contribution in [0.2, 0.25) is 0 Å². The van der Waals surface area contributed by atoms with Gasteiger partial charge in [0, 0.05) is 18.7 Å². The fourth-order valence-corrected chi connectivity index (χ4v) is 4.49. The van der Waals surface area contributed by atoms with Gasteiger partial charge < -0.3 is 9.47 Å². The Morgan fingerprint density at radius 3 is 2.39 bits per heavy atom. The van der Waals surface area contributed by atoms with Gasteiger partial charge in [0.1, 0.15) is 0 Å². The molecule has 0 spiro atoms. The van der Waals surface area contributed by atoms with E-state index in [2.05, 4.69) is 10.9 Å². The van der Waals surface area contributed by atoms with E-state index in [-0.39, 0.29) is 17.1 Å². The van der Waals surface area contributed by atoms with Gasteiger partial charge in [-0.15, -0.1) is 0 Å². The van der Waals surface area contributed by atoms with Gasteiger partial charge in [-0.2, -0.15) is 4.31 Å². The quantitative estimate of drug-likeness (QED) is 0.511. The minimum Gasteiger partial charge on any atom is -0.493 e. The number of hydrazine groups is 1. The molecule has 10 heteroatoms. The number of rotatable bonds is 10. The maximum atomic E-state index is 12.7. The Morgan fingerprint density at radius 2 is 1.76 bits per heavy atom. The largest absolute Gasteiger partial charge is 0.493 e. The molecule has 0 aromatic heterocycles. The van der Waals surface area contributed by atoms with Gasteiger partial charge in [-0.05, 0) is 42.8 Å². The second-order valence-corrected chi connectivity index (χ2v) is 8.76. The van der Waals surface area contributed by atoms with Crippen LogP contribution in [0, 0.1) is 0 Å². The van der Waals surface area contributed by atoms with Crippen LogP contribution in [0.1, 0.15) is 36.7 Å². The van der Waals surface area contributed by atoms with Gasteiger partial charge in [0.2, 0.25) is 10.0 Å². The van der Waals surface area contributed by atoms with Gasteiger partial charge in [-0.1, -0.05) is 38.1 Å². The number of carbonyl (C=O) groups is 2. The zero-order chi connectivity index (χ0) is 24.4. The summed E-state index contributed by atoms with van der Waals surface area (Å²) >= 11 is 0. The second kappa shape index (κ2) is 12.0. The third kappa shape index (κ3) is 6.80. The van der Waals surface area contributed by atoms with E-state index in [1.54, 1.807) is 26.0 Å². The van der Waals surface area contributed by atoms with Crippen LogP contribution in [0.5, 0.6) is 11.5 Å². The number of nitrogens with one attached hydrogen (secondary N) is 2. The molecule has 0 aliphatic carbocycles. The van der Waals surface area contributed by atoms with Gasteiger partial charge >= 0.3 is 0 Å². The highest BCUT2D eigenvalue weighted by molar-refractivity contribution is 7.89. The van der Waals surface area contributed by atoms with Crippen molar-refractivity contribution in [2.75, 3.05) is 26.8 Å². The summed E-state index contributed by atoms with van der Waals surface area (Å²) in [4.78, 5) is 24.5. The Kier molecular flexibility index (Phi) is 9.43. The maximum absolute atomic E-state index is 12.7. The Balaban J connectivity index is 1.98. The summed E-state index contributed by atoms with van der Waals surface area (Å²) in [6.07, 6.45) is 3.79. The topological polar surface area (TPSA) is 114 Å². The molecule has 0 saturated heterocycles. The highest BCUT2D eigenvalue weighted by Crippen LogP contribution is 2.28. The first-order valence-electron chi connectivity index (χ1n) is 10.4. The molecule has 0 atom stereocenters. The molecular weight excluding hydrogens is 446 g/mol. The van der Waals surface area contributed by atoms with Crippen molar-refractivity contribution in [3.63, 3.8) is 0 Å². The van der Waals surface area contributed by atoms with Crippen molar-refractivity contribution in [2.45, 2.75) is 25.7 Å². The van der Waals surface area contributed by atoms with E-state index in [1.807, 2.05) is 25.1 Å². The average molecular weight is 476 g/mol. The van der Waals surface area contributed by atoms with E-state index >= 15 is 0 Å².